The molecule has 1 aliphatic heterocycles. The first-order chi connectivity index (χ1) is 11.4. The lowest BCUT2D eigenvalue weighted by Crippen LogP contribution is -2.50. The molecule has 2 heterocycles. The van der Waals surface area contributed by atoms with E-state index in [0.717, 1.165) is 19.3 Å². The first kappa shape index (κ1) is 16.2. The molecule has 1 aliphatic rings. The average molecular weight is 338 g/mol. The van der Waals surface area contributed by atoms with Crippen molar-refractivity contribution in [3.63, 3.8) is 0 Å². The Balaban J connectivity index is 1.61. The largest absolute Gasteiger partial charge is 0.488 e. The highest BCUT2D eigenvalue weighted by atomic mass is 19.4. The van der Waals surface area contributed by atoms with Crippen molar-refractivity contribution < 1.29 is 22.7 Å². The molecule has 24 heavy (non-hydrogen) atoms. The molecule has 0 spiro atoms. The molecule has 0 aliphatic carbocycles. The van der Waals surface area contributed by atoms with Gasteiger partial charge in [-0.05, 0) is 24.3 Å². The third-order valence-corrected chi connectivity index (χ3v) is 3.33. The van der Waals surface area contributed by atoms with E-state index in [1.54, 1.807) is 24.3 Å². The highest BCUT2D eigenvalue weighted by Gasteiger charge is 2.33. The number of hydrogen-bond acceptors (Lipinski definition) is 5. The summed E-state index contributed by atoms with van der Waals surface area (Å²) in [6.45, 7) is 1.59. The zero-order chi connectivity index (χ0) is 17.2. The van der Waals surface area contributed by atoms with Crippen LogP contribution in [-0.4, -0.2) is 35.1 Å². The fourth-order valence-electron chi connectivity index (χ4n) is 1.94. The van der Waals surface area contributed by atoms with E-state index in [9.17, 15) is 18.0 Å². The van der Waals surface area contributed by atoms with Crippen LogP contribution < -0.4 is 15.4 Å². The van der Waals surface area contributed by atoms with Crippen LogP contribution in [0, 0.1) is 0 Å². The van der Waals surface area contributed by atoms with Crippen molar-refractivity contribution in [2.45, 2.75) is 12.3 Å². The molecule has 0 saturated carbocycles. The smallest absolute Gasteiger partial charge is 0.434 e. The van der Waals surface area contributed by atoms with Gasteiger partial charge in [0.25, 0.3) is 5.91 Å². The second-order valence-electron chi connectivity index (χ2n) is 5.16. The maximum Gasteiger partial charge on any atom is 0.434 e. The van der Waals surface area contributed by atoms with Crippen molar-refractivity contribution in [3.05, 3.63) is 48.0 Å². The van der Waals surface area contributed by atoms with E-state index in [0.29, 0.717) is 17.6 Å². The molecular weight excluding hydrogens is 325 g/mol. The van der Waals surface area contributed by atoms with Crippen LogP contribution in [0.1, 0.15) is 16.2 Å². The number of alkyl halides is 3. The van der Waals surface area contributed by atoms with Gasteiger partial charge < -0.3 is 15.4 Å². The molecule has 1 fully saturated rings. The Bertz CT molecular complexity index is 713. The van der Waals surface area contributed by atoms with Crippen LogP contribution in [-0.2, 0) is 6.18 Å². The van der Waals surface area contributed by atoms with Crippen LogP contribution in [0.15, 0.2) is 36.7 Å². The van der Waals surface area contributed by atoms with Gasteiger partial charge in [-0.15, -0.1) is 0 Å². The summed E-state index contributed by atoms with van der Waals surface area (Å²) in [6, 6.07) is 6.67. The molecule has 1 aromatic heterocycles. The summed E-state index contributed by atoms with van der Waals surface area (Å²) in [6.07, 6.45) is -3.13. The Labute approximate surface area is 135 Å². The predicted octanol–water partition coefficient (Wildman–Crippen LogP) is 2.10. The fourth-order valence-corrected chi connectivity index (χ4v) is 1.94. The minimum absolute atomic E-state index is 0.146. The van der Waals surface area contributed by atoms with Gasteiger partial charge in [-0.3, -0.25) is 4.79 Å². The zero-order valence-electron chi connectivity index (χ0n) is 12.3. The molecule has 2 aromatic rings. The van der Waals surface area contributed by atoms with Crippen molar-refractivity contribution in [2.75, 3.05) is 18.4 Å². The molecule has 6 nitrogen and oxygen atoms in total. The van der Waals surface area contributed by atoms with Crippen molar-refractivity contribution in [1.29, 1.82) is 0 Å². The fraction of sp³-hybridized carbons (Fsp3) is 0.267. The molecule has 126 valence electrons. The number of rotatable bonds is 4. The average Bonchev–Trinajstić information content (AvgIpc) is 2.52. The van der Waals surface area contributed by atoms with Gasteiger partial charge in [0.1, 0.15) is 17.5 Å². The summed E-state index contributed by atoms with van der Waals surface area (Å²) >= 11 is 0. The molecule has 0 atom stereocenters. The third kappa shape index (κ3) is 3.80. The summed E-state index contributed by atoms with van der Waals surface area (Å²) < 4.78 is 42.9. The number of hydrogen-bond donors (Lipinski definition) is 2. The number of carbonyl (C=O) groups excluding carboxylic acids is 1. The number of anilines is 1. The molecule has 1 amide bonds. The van der Waals surface area contributed by atoms with E-state index in [4.69, 9.17) is 4.74 Å². The van der Waals surface area contributed by atoms with E-state index in [1.807, 2.05) is 0 Å². The molecule has 9 heteroatoms. The standard InChI is InChI=1S/C15H13F3N4O2/c16-15(17,18)13-8-20-12(7-21-13)14(23)22-9-1-3-10(4-2-9)24-11-5-19-6-11/h1-4,7-8,11,19H,5-6H2,(H,22,23). The predicted molar refractivity (Wildman–Crippen MR) is 78.7 cm³/mol. The van der Waals surface area contributed by atoms with Crippen LogP contribution in [0.4, 0.5) is 18.9 Å². The summed E-state index contributed by atoms with van der Waals surface area (Å²) in [5.74, 6) is 0.0295. The molecule has 3 rings (SSSR count). The van der Waals surface area contributed by atoms with E-state index in [-0.39, 0.29) is 11.8 Å². The third-order valence-electron chi connectivity index (χ3n) is 3.33. The normalized spacial score (nSPS) is 14.8. The molecule has 0 unspecified atom stereocenters. The minimum atomic E-state index is -4.59. The molecule has 1 saturated heterocycles. The molecule has 2 N–H and O–H groups in total. The number of ether oxygens (including phenoxy) is 1. The van der Waals surface area contributed by atoms with Crippen LogP contribution in [0.5, 0.6) is 5.75 Å². The monoisotopic (exact) mass is 338 g/mol. The van der Waals surface area contributed by atoms with E-state index in [1.165, 1.54) is 0 Å². The number of amides is 1. The van der Waals surface area contributed by atoms with Crippen LogP contribution in [0.3, 0.4) is 0 Å². The number of aromatic nitrogens is 2. The van der Waals surface area contributed by atoms with E-state index >= 15 is 0 Å². The Hall–Kier alpha value is -2.68. The van der Waals surface area contributed by atoms with E-state index in [2.05, 4.69) is 20.6 Å². The van der Waals surface area contributed by atoms with E-state index < -0.39 is 17.8 Å². The summed E-state index contributed by atoms with van der Waals surface area (Å²) in [5.41, 5.74) is -0.879. The molecule has 0 radical (unpaired) electrons. The van der Waals surface area contributed by atoms with Crippen molar-refractivity contribution >= 4 is 11.6 Å². The SMILES string of the molecule is O=C(Nc1ccc(OC2CNC2)cc1)c1cnc(C(F)(F)F)cn1. The van der Waals surface area contributed by atoms with Gasteiger partial charge in [-0.1, -0.05) is 0 Å². The topological polar surface area (TPSA) is 76.1 Å². The summed E-state index contributed by atoms with van der Waals surface area (Å²) in [5, 5.41) is 5.62. The number of nitrogens with one attached hydrogen (secondary N) is 2. The number of halogens is 3. The first-order valence-electron chi connectivity index (χ1n) is 7.10. The Morgan fingerprint density at radius 3 is 2.38 bits per heavy atom. The van der Waals surface area contributed by atoms with Gasteiger partial charge in [0.2, 0.25) is 0 Å². The minimum Gasteiger partial charge on any atom is -0.488 e. The van der Waals surface area contributed by atoms with Crippen molar-refractivity contribution in [3.8, 4) is 5.75 Å². The van der Waals surface area contributed by atoms with Gasteiger partial charge in [0.05, 0.1) is 12.4 Å². The van der Waals surface area contributed by atoms with Gasteiger partial charge in [0, 0.05) is 18.8 Å². The molecular formula is C15H13F3N4O2. The summed E-state index contributed by atoms with van der Waals surface area (Å²) in [4.78, 5) is 18.7. The number of benzene rings is 1. The van der Waals surface area contributed by atoms with Crippen LogP contribution in [0.2, 0.25) is 0 Å². The van der Waals surface area contributed by atoms with Gasteiger partial charge in [-0.25, -0.2) is 9.97 Å². The number of nitrogens with zero attached hydrogens (tertiary/aromatic N) is 2. The first-order valence-corrected chi connectivity index (χ1v) is 7.10. The quantitative estimate of drug-likeness (QED) is 0.893. The highest BCUT2D eigenvalue weighted by molar-refractivity contribution is 6.02. The van der Waals surface area contributed by atoms with Crippen molar-refractivity contribution in [1.82, 2.24) is 15.3 Å². The van der Waals surface area contributed by atoms with Gasteiger partial charge in [-0.2, -0.15) is 13.2 Å². The van der Waals surface area contributed by atoms with Crippen LogP contribution in [0.25, 0.3) is 0 Å². The zero-order valence-corrected chi connectivity index (χ0v) is 12.3. The Kier molecular flexibility index (Phi) is 4.34. The lowest BCUT2D eigenvalue weighted by molar-refractivity contribution is -0.141. The van der Waals surface area contributed by atoms with Gasteiger partial charge >= 0.3 is 6.18 Å². The lowest BCUT2D eigenvalue weighted by atomic mass is 10.2. The van der Waals surface area contributed by atoms with Crippen molar-refractivity contribution in [2.24, 2.45) is 0 Å². The molecule has 0 bridgehead atoms. The second-order valence-corrected chi connectivity index (χ2v) is 5.16. The maximum absolute atomic E-state index is 12.4. The Morgan fingerprint density at radius 2 is 1.88 bits per heavy atom. The van der Waals surface area contributed by atoms with Crippen LogP contribution >= 0.6 is 0 Å². The summed E-state index contributed by atoms with van der Waals surface area (Å²) in [7, 11) is 0. The second kappa shape index (κ2) is 6.44. The number of carbonyl (C=O) groups is 1. The highest BCUT2D eigenvalue weighted by Crippen LogP contribution is 2.26. The Morgan fingerprint density at radius 1 is 1.17 bits per heavy atom. The molecule has 1 aromatic carbocycles. The lowest BCUT2D eigenvalue weighted by Gasteiger charge is -2.27. The maximum atomic E-state index is 12.4. The van der Waals surface area contributed by atoms with Gasteiger partial charge in [0.15, 0.2) is 5.69 Å².